The molecule has 3 aromatic rings. The number of urea groups is 1. The second-order valence-electron chi connectivity index (χ2n) is 8.72. The van der Waals surface area contributed by atoms with Crippen LogP contribution in [0.25, 0.3) is 16.9 Å². The molecule has 180 valence electrons. The van der Waals surface area contributed by atoms with Crippen molar-refractivity contribution >= 4 is 6.03 Å². The summed E-state index contributed by atoms with van der Waals surface area (Å²) in [5.74, 6) is 0.180. The zero-order chi connectivity index (χ0) is 24.5. The van der Waals surface area contributed by atoms with Gasteiger partial charge in [-0.3, -0.25) is 5.21 Å². The highest BCUT2D eigenvalue weighted by Gasteiger charge is 2.43. The summed E-state index contributed by atoms with van der Waals surface area (Å²) >= 11 is 0. The van der Waals surface area contributed by atoms with Crippen LogP contribution in [0.2, 0.25) is 0 Å². The van der Waals surface area contributed by atoms with Crippen molar-refractivity contribution in [3.8, 4) is 22.7 Å². The minimum absolute atomic E-state index is 0.172. The molecule has 2 N–H and O–H groups in total. The Labute approximate surface area is 197 Å². The molecule has 0 unspecified atom stereocenters. The third kappa shape index (κ3) is 4.24. The topological polar surface area (TPSA) is 91.1 Å². The van der Waals surface area contributed by atoms with Gasteiger partial charge >= 0.3 is 6.03 Å². The number of piperidine rings is 1. The molecule has 1 aromatic heterocycles. The Morgan fingerprint density at radius 3 is 2.29 bits per heavy atom. The summed E-state index contributed by atoms with van der Waals surface area (Å²) in [5, 5.41) is 25.1. The number of halogens is 1. The number of carbonyl (C=O) groups excluding carboxylic acids is 1. The second kappa shape index (κ2) is 9.44. The summed E-state index contributed by atoms with van der Waals surface area (Å²) in [6, 6.07) is 14.2. The van der Waals surface area contributed by atoms with Crippen LogP contribution >= 0.6 is 0 Å². The number of methoxy groups -OCH3 is 1. The van der Waals surface area contributed by atoms with Crippen molar-refractivity contribution in [2.45, 2.75) is 25.2 Å². The molecular formula is C25H29FN4O4. The maximum absolute atomic E-state index is 16.2. The smallest absolute Gasteiger partial charge is 0.343 e. The number of aryl methyl sites for hydroxylation is 1. The number of hydrogen-bond acceptors (Lipinski definition) is 5. The van der Waals surface area contributed by atoms with E-state index in [0.717, 1.165) is 5.56 Å². The molecule has 0 atom stereocenters. The molecule has 4 rings (SSSR count). The molecular weight excluding hydrogens is 439 g/mol. The van der Waals surface area contributed by atoms with E-state index in [1.54, 1.807) is 36.1 Å². The van der Waals surface area contributed by atoms with E-state index >= 15 is 4.39 Å². The largest absolute Gasteiger partial charge is 0.497 e. The minimum Gasteiger partial charge on any atom is -0.497 e. The first-order valence-electron chi connectivity index (χ1n) is 11.1. The van der Waals surface area contributed by atoms with Crippen LogP contribution in [0, 0.1) is 12.7 Å². The Hall–Kier alpha value is -3.43. The lowest BCUT2D eigenvalue weighted by molar-refractivity contribution is -0.0387. The van der Waals surface area contributed by atoms with E-state index in [2.05, 4.69) is 5.10 Å². The standard InChI is InChI=1S/C25H29FN4O4/c1-17-4-6-18(7-5-17)22-21(26)23(27-30(22)19-8-10-20(34-3)11-9-19)25(16-31)12-14-29(15-13-25)24(32)28(2)33/h4-11,31,33H,12-16H2,1-3H3. The van der Waals surface area contributed by atoms with Gasteiger partial charge in [0.05, 0.1) is 19.4 Å². The number of aliphatic hydroxyl groups excluding tert-OH is 1. The predicted octanol–water partition coefficient (Wildman–Crippen LogP) is 3.76. The van der Waals surface area contributed by atoms with E-state index in [-0.39, 0.29) is 25.4 Å². The summed E-state index contributed by atoms with van der Waals surface area (Å²) in [4.78, 5) is 13.6. The lowest BCUT2D eigenvalue weighted by atomic mass is 9.76. The Bertz CT molecular complexity index is 1150. The normalized spacial score (nSPS) is 15.3. The van der Waals surface area contributed by atoms with E-state index in [0.29, 0.717) is 40.6 Å². The quantitative estimate of drug-likeness (QED) is 0.440. The van der Waals surface area contributed by atoms with Crippen LogP contribution in [0.5, 0.6) is 5.75 Å². The first-order chi connectivity index (χ1) is 16.3. The van der Waals surface area contributed by atoms with Crippen molar-refractivity contribution in [2.24, 2.45) is 0 Å². The van der Waals surface area contributed by atoms with Gasteiger partial charge < -0.3 is 14.7 Å². The lowest BCUT2D eigenvalue weighted by Crippen LogP contribution is -2.50. The molecule has 8 nitrogen and oxygen atoms in total. The van der Waals surface area contributed by atoms with Crippen molar-refractivity contribution in [1.29, 1.82) is 0 Å². The Balaban J connectivity index is 1.80. The van der Waals surface area contributed by atoms with Crippen LogP contribution in [-0.2, 0) is 5.41 Å². The number of nitrogens with zero attached hydrogens (tertiary/aromatic N) is 4. The molecule has 2 aromatic carbocycles. The van der Waals surface area contributed by atoms with Gasteiger partial charge in [-0.15, -0.1) is 0 Å². The number of likely N-dealkylation sites (tertiary alicyclic amines) is 1. The van der Waals surface area contributed by atoms with Gasteiger partial charge in [-0.2, -0.15) is 5.10 Å². The fourth-order valence-corrected chi connectivity index (χ4v) is 4.41. The minimum atomic E-state index is -0.952. The van der Waals surface area contributed by atoms with Gasteiger partial charge in [0, 0.05) is 31.1 Å². The number of hydrogen-bond donors (Lipinski definition) is 2. The highest BCUT2D eigenvalue weighted by Crippen LogP contribution is 2.40. The fourth-order valence-electron chi connectivity index (χ4n) is 4.41. The van der Waals surface area contributed by atoms with Crippen molar-refractivity contribution < 1.29 is 24.2 Å². The van der Waals surface area contributed by atoms with Gasteiger partial charge in [0.2, 0.25) is 0 Å². The summed E-state index contributed by atoms with van der Waals surface area (Å²) in [7, 11) is 2.84. The average molecular weight is 469 g/mol. The number of aromatic nitrogens is 2. The maximum atomic E-state index is 16.2. The van der Waals surface area contributed by atoms with Crippen molar-refractivity contribution in [3.05, 3.63) is 65.6 Å². The van der Waals surface area contributed by atoms with Crippen LogP contribution in [0.3, 0.4) is 0 Å². The zero-order valence-corrected chi connectivity index (χ0v) is 19.5. The molecule has 0 aliphatic carbocycles. The SMILES string of the molecule is COc1ccc(-n2nc(C3(CO)CCN(C(=O)N(C)O)CC3)c(F)c2-c2ccc(C)cc2)cc1. The molecule has 2 amide bonds. The van der Waals surface area contributed by atoms with Crippen LogP contribution in [0.15, 0.2) is 48.5 Å². The lowest BCUT2D eigenvalue weighted by Gasteiger charge is -2.40. The summed E-state index contributed by atoms with van der Waals surface area (Å²) in [6.45, 7) is 2.18. The number of ether oxygens (including phenoxy) is 1. The third-order valence-corrected chi connectivity index (χ3v) is 6.54. The Morgan fingerprint density at radius 1 is 1.15 bits per heavy atom. The van der Waals surface area contributed by atoms with E-state index in [4.69, 9.17) is 4.74 Å². The van der Waals surface area contributed by atoms with Crippen molar-refractivity contribution in [1.82, 2.24) is 19.7 Å². The second-order valence-corrected chi connectivity index (χ2v) is 8.72. The maximum Gasteiger partial charge on any atom is 0.343 e. The molecule has 0 bridgehead atoms. The van der Waals surface area contributed by atoms with Gasteiger partial charge in [-0.25, -0.2) is 18.9 Å². The summed E-state index contributed by atoms with van der Waals surface area (Å²) < 4.78 is 23.0. The number of aliphatic hydroxyl groups is 1. The number of benzene rings is 2. The molecule has 9 heteroatoms. The number of hydroxylamine groups is 2. The zero-order valence-electron chi connectivity index (χ0n) is 19.5. The first-order valence-corrected chi connectivity index (χ1v) is 11.1. The molecule has 1 aliphatic heterocycles. The van der Waals surface area contributed by atoms with Crippen molar-refractivity contribution in [3.63, 3.8) is 0 Å². The number of amides is 2. The molecule has 0 radical (unpaired) electrons. The Morgan fingerprint density at radius 2 is 1.76 bits per heavy atom. The Kier molecular flexibility index (Phi) is 6.58. The van der Waals surface area contributed by atoms with E-state index in [1.807, 2.05) is 31.2 Å². The van der Waals surface area contributed by atoms with Crippen LogP contribution in [0.1, 0.15) is 24.1 Å². The van der Waals surface area contributed by atoms with Gasteiger partial charge in [0.15, 0.2) is 5.82 Å². The van der Waals surface area contributed by atoms with Gasteiger partial charge in [-0.05, 0) is 44.0 Å². The summed E-state index contributed by atoms with van der Waals surface area (Å²) in [5.41, 5.74) is 1.90. The van der Waals surface area contributed by atoms with E-state index in [1.165, 1.54) is 11.9 Å². The number of rotatable bonds is 5. The highest BCUT2D eigenvalue weighted by atomic mass is 19.1. The fraction of sp³-hybridized carbons (Fsp3) is 0.360. The third-order valence-electron chi connectivity index (χ3n) is 6.54. The van der Waals surface area contributed by atoms with Crippen LogP contribution in [0.4, 0.5) is 9.18 Å². The van der Waals surface area contributed by atoms with Gasteiger partial charge in [0.1, 0.15) is 17.1 Å². The predicted molar refractivity (Wildman–Crippen MR) is 125 cm³/mol. The van der Waals surface area contributed by atoms with E-state index < -0.39 is 17.3 Å². The highest BCUT2D eigenvalue weighted by molar-refractivity contribution is 5.73. The summed E-state index contributed by atoms with van der Waals surface area (Å²) in [6.07, 6.45) is 0.625. The molecule has 1 aliphatic rings. The molecule has 34 heavy (non-hydrogen) atoms. The van der Waals surface area contributed by atoms with Gasteiger partial charge in [0.25, 0.3) is 0 Å². The first kappa shape index (κ1) is 23.7. The van der Waals surface area contributed by atoms with Crippen LogP contribution in [-0.4, -0.2) is 69.9 Å². The average Bonchev–Trinajstić information content (AvgIpc) is 3.21. The monoisotopic (exact) mass is 468 g/mol. The molecule has 1 saturated heterocycles. The molecule has 2 heterocycles. The van der Waals surface area contributed by atoms with Crippen molar-refractivity contribution in [2.75, 3.05) is 33.9 Å². The van der Waals surface area contributed by atoms with E-state index in [9.17, 15) is 15.1 Å². The van der Waals surface area contributed by atoms with Gasteiger partial charge in [-0.1, -0.05) is 29.8 Å². The number of carbonyl (C=O) groups is 1. The molecule has 0 spiro atoms. The molecule has 1 fully saturated rings. The van der Waals surface area contributed by atoms with Crippen LogP contribution < -0.4 is 4.74 Å². The molecule has 0 saturated carbocycles.